The van der Waals surface area contributed by atoms with E-state index in [9.17, 15) is 19.8 Å². The van der Waals surface area contributed by atoms with Gasteiger partial charge in [-0.2, -0.15) is 0 Å². The second kappa shape index (κ2) is 6.98. The van der Waals surface area contributed by atoms with Gasteiger partial charge >= 0.3 is 0 Å². The maximum Gasteiger partial charge on any atom is 0.235 e. The van der Waals surface area contributed by atoms with E-state index in [-0.39, 0.29) is 23.6 Å². The van der Waals surface area contributed by atoms with Gasteiger partial charge in [-0.15, -0.1) is 11.3 Å². The third-order valence-corrected chi connectivity index (χ3v) is 7.44. The minimum atomic E-state index is -1.37. The second-order valence-electron chi connectivity index (χ2n) is 7.11. The van der Waals surface area contributed by atoms with E-state index in [1.54, 1.807) is 6.92 Å². The van der Waals surface area contributed by atoms with Crippen molar-refractivity contribution < 1.29 is 24.4 Å². The number of thioether (sulfide) groups is 1. The van der Waals surface area contributed by atoms with E-state index in [0.29, 0.717) is 9.24 Å². The first kappa shape index (κ1) is 19.1. The van der Waals surface area contributed by atoms with Gasteiger partial charge in [0, 0.05) is 22.3 Å². The molecule has 0 saturated carbocycles. The number of aliphatic hydroxyl groups is 1. The molecule has 0 aromatic carbocycles. The average molecular weight is 418 g/mol. The van der Waals surface area contributed by atoms with E-state index >= 15 is 0 Å². The number of nitrogens with zero attached hydrogens (tertiary/aromatic N) is 3. The zero-order valence-electron chi connectivity index (χ0n) is 15.5. The van der Waals surface area contributed by atoms with E-state index in [1.807, 2.05) is 48.4 Å². The fourth-order valence-electron chi connectivity index (χ4n) is 3.92. The number of fused-ring (bicyclic) bond motifs is 1. The zero-order valence-corrected chi connectivity index (χ0v) is 17.2. The number of carboxylic acids is 1. The molecule has 2 aliphatic heterocycles. The number of aromatic nitrogens is 2. The van der Waals surface area contributed by atoms with Crippen molar-refractivity contribution in [1.29, 1.82) is 0 Å². The number of amides is 1. The lowest BCUT2D eigenvalue weighted by Gasteiger charge is -2.47. The number of thiazole rings is 1. The molecule has 0 spiro atoms. The zero-order chi connectivity index (χ0) is 20.2. The van der Waals surface area contributed by atoms with Gasteiger partial charge < -0.3 is 19.9 Å². The van der Waals surface area contributed by atoms with Gasteiger partial charge in [-0.1, -0.05) is 18.7 Å². The Morgan fingerprint density at radius 2 is 2.25 bits per heavy atom. The molecule has 2 aliphatic rings. The highest BCUT2D eigenvalue weighted by Gasteiger charge is 2.58. The molecule has 0 radical (unpaired) electrons. The normalized spacial score (nSPS) is 24.9. The molecule has 146 valence electrons. The fraction of sp³-hybridized carbons (Fsp3) is 0.368. The van der Waals surface area contributed by atoms with Crippen molar-refractivity contribution in [3.63, 3.8) is 0 Å². The van der Waals surface area contributed by atoms with Crippen LogP contribution < -0.4 is 9.67 Å². The Kier molecular flexibility index (Phi) is 4.76. The third kappa shape index (κ3) is 2.94. The molecule has 4 unspecified atom stereocenters. The quantitative estimate of drug-likeness (QED) is 0.564. The van der Waals surface area contributed by atoms with Crippen LogP contribution in [0.25, 0.3) is 11.3 Å². The number of carbonyl (C=O) groups is 2. The monoisotopic (exact) mass is 417 g/mol. The van der Waals surface area contributed by atoms with Gasteiger partial charge in [0.05, 0.1) is 41.0 Å². The van der Waals surface area contributed by atoms with E-state index in [1.165, 1.54) is 28.0 Å². The molecule has 4 atom stereocenters. The first-order valence-electron chi connectivity index (χ1n) is 8.85. The van der Waals surface area contributed by atoms with E-state index < -0.39 is 18.0 Å². The first-order chi connectivity index (χ1) is 13.3. The van der Waals surface area contributed by atoms with Crippen LogP contribution in [0.2, 0.25) is 0 Å². The molecule has 28 heavy (non-hydrogen) atoms. The average Bonchev–Trinajstić information content (AvgIpc) is 3.18. The Balaban J connectivity index is 1.64. The Hall–Kier alpha value is -2.23. The molecule has 1 N–H and O–H groups in total. The Bertz CT molecular complexity index is 1000. The van der Waals surface area contributed by atoms with Crippen LogP contribution in [-0.2, 0) is 16.6 Å². The van der Waals surface area contributed by atoms with E-state index in [2.05, 4.69) is 4.98 Å². The van der Waals surface area contributed by atoms with Crippen molar-refractivity contribution in [1.82, 2.24) is 9.88 Å². The van der Waals surface area contributed by atoms with E-state index in [4.69, 9.17) is 0 Å². The minimum absolute atomic E-state index is 0.0905. The van der Waals surface area contributed by atoms with Crippen molar-refractivity contribution >= 4 is 35.0 Å². The van der Waals surface area contributed by atoms with Crippen LogP contribution in [0, 0.1) is 11.8 Å². The third-order valence-electron chi connectivity index (χ3n) is 5.22. The molecule has 4 rings (SSSR count). The van der Waals surface area contributed by atoms with Gasteiger partial charge in [-0.3, -0.25) is 4.79 Å². The minimum Gasteiger partial charge on any atom is -0.543 e. The molecule has 7 nitrogen and oxygen atoms in total. The summed E-state index contributed by atoms with van der Waals surface area (Å²) in [5, 5.41) is 23.6. The topological polar surface area (TPSA) is 97.4 Å². The lowest BCUT2D eigenvalue weighted by molar-refractivity contribution is -0.671. The summed E-state index contributed by atoms with van der Waals surface area (Å²) in [6.45, 7) is 3.44. The predicted octanol–water partition coefficient (Wildman–Crippen LogP) is 0.546. The maximum absolute atomic E-state index is 12.4. The van der Waals surface area contributed by atoms with Crippen molar-refractivity contribution in [2.75, 3.05) is 0 Å². The predicted molar refractivity (Wildman–Crippen MR) is 102 cm³/mol. The van der Waals surface area contributed by atoms with Crippen molar-refractivity contribution in [3.05, 3.63) is 40.5 Å². The van der Waals surface area contributed by atoms with Crippen molar-refractivity contribution in [2.24, 2.45) is 18.9 Å². The van der Waals surface area contributed by atoms with Gasteiger partial charge in [-0.05, 0) is 13.0 Å². The highest BCUT2D eigenvalue weighted by atomic mass is 32.2. The van der Waals surface area contributed by atoms with Crippen LogP contribution >= 0.6 is 23.1 Å². The molecule has 4 heterocycles. The largest absolute Gasteiger partial charge is 0.543 e. The molecular weight excluding hydrogens is 398 g/mol. The lowest BCUT2D eigenvalue weighted by Crippen LogP contribution is -2.64. The Labute approximate surface area is 170 Å². The highest BCUT2D eigenvalue weighted by molar-refractivity contribution is 8.04. The van der Waals surface area contributed by atoms with Crippen LogP contribution in [0.4, 0.5) is 0 Å². The Morgan fingerprint density at radius 1 is 1.50 bits per heavy atom. The number of hydrogen-bond acceptors (Lipinski definition) is 7. The summed E-state index contributed by atoms with van der Waals surface area (Å²) in [7, 11) is 1.93. The number of hydrogen-bond donors (Lipinski definition) is 1. The number of rotatable bonds is 5. The van der Waals surface area contributed by atoms with Crippen LogP contribution in [0.15, 0.2) is 44.8 Å². The summed E-state index contributed by atoms with van der Waals surface area (Å²) in [5.41, 5.74) is 1.69. The van der Waals surface area contributed by atoms with Crippen molar-refractivity contribution in [3.8, 4) is 11.3 Å². The molecule has 0 aliphatic carbocycles. The first-order valence-corrected chi connectivity index (χ1v) is 10.5. The summed E-state index contributed by atoms with van der Waals surface area (Å²) in [6.07, 6.45) is 3.07. The smallest absolute Gasteiger partial charge is 0.235 e. The standard InChI is InChI=1S/C19H19N3O4S2/c1-9-14-13(10(2)23)17(24)22(14)15(18(25)26)16(9)28-19-20-12(8-27-19)11-5-4-6-21(3)7-11/h4-10,13-14,23H,1-3H3. The number of carboxylic acid groups (broad SMARTS) is 1. The van der Waals surface area contributed by atoms with Gasteiger partial charge in [0.25, 0.3) is 0 Å². The molecule has 0 bridgehead atoms. The maximum atomic E-state index is 12.4. The summed E-state index contributed by atoms with van der Waals surface area (Å²) >= 11 is 2.69. The van der Waals surface area contributed by atoms with Crippen LogP contribution in [0.1, 0.15) is 13.8 Å². The summed E-state index contributed by atoms with van der Waals surface area (Å²) in [6, 6.07) is 3.55. The molecule has 1 amide bonds. The van der Waals surface area contributed by atoms with Crippen molar-refractivity contribution in [2.45, 2.75) is 30.3 Å². The lowest BCUT2D eigenvalue weighted by atomic mass is 9.79. The summed E-state index contributed by atoms with van der Waals surface area (Å²) < 4.78 is 2.63. The number of aryl methyl sites for hydroxylation is 1. The summed E-state index contributed by atoms with van der Waals surface area (Å²) in [5.74, 6) is -2.53. The van der Waals surface area contributed by atoms with E-state index in [0.717, 1.165) is 11.3 Å². The van der Waals surface area contributed by atoms with Gasteiger partial charge in [0.1, 0.15) is 7.05 Å². The Morgan fingerprint density at radius 3 is 2.89 bits per heavy atom. The highest BCUT2D eigenvalue weighted by Crippen LogP contribution is 2.52. The molecule has 2 aromatic rings. The van der Waals surface area contributed by atoms with Gasteiger partial charge in [-0.25, -0.2) is 9.55 Å². The van der Waals surface area contributed by atoms with Gasteiger partial charge in [0.15, 0.2) is 16.7 Å². The fourth-order valence-corrected chi connectivity index (χ4v) is 6.01. The molecule has 2 aromatic heterocycles. The van der Waals surface area contributed by atoms with Crippen LogP contribution in [0.3, 0.4) is 0 Å². The second-order valence-corrected chi connectivity index (χ2v) is 9.26. The molecular formula is C19H19N3O4S2. The molecule has 1 saturated heterocycles. The number of aliphatic hydroxyl groups excluding tert-OH is 1. The number of carbonyl (C=O) groups excluding carboxylic acids is 2. The molecule has 1 fully saturated rings. The number of aliphatic carboxylic acids is 1. The number of β-lactam (4-membered cyclic amide) rings is 1. The SMILES string of the molecule is CC(O)C1C(=O)N2C(C(=O)[O-])=C(Sc3nc(-c4ccc[n+](C)c4)cs3)C(C)C12. The van der Waals surface area contributed by atoms with Crippen LogP contribution in [0.5, 0.6) is 0 Å². The van der Waals surface area contributed by atoms with Crippen LogP contribution in [-0.4, -0.2) is 39.0 Å². The van der Waals surface area contributed by atoms with Gasteiger partial charge in [0.2, 0.25) is 5.91 Å². The molecule has 9 heteroatoms. The summed E-state index contributed by atoms with van der Waals surface area (Å²) in [4.78, 5) is 30.6. The number of pyridine rings is 1.